The van der Waals surface area contributed by atoms with Crippen LogP contribution in [-0.2, 0) is 9.53 Å². The fourth-order valence-electron chi connectivity index (χ4n) is 3.40. The Balaban J connectivity index is 1.99. The molecular weight excluding hydrogens is 388 g/mol. The van der Waals surface area contributed by atoms with E-state index >= 15 is 0 Å². The van der Waals surface area contributed by atoms with Crippen molar-refractivity contribution in [3.63, 3.8) is 0 Å². The zero-order valence-corrected chi connectivity index (χ0v) is 18.0. The van der Waals surface area contributed by atoms with Crippen LogP contribution in [0.5, 0.6) is 0 Å². The van der Waals surface area contributed by atoms with Gasteiger partial charge in [-0.1, -0.05) is 13.0 Å². The fraction of sp³-hybridized carbons (Fsp3) is 0.318. The van der Waals surface area contributed by atoms with Crippen LogP contribution in [0.3, 0.4) is 0 Å². The number of ether oxygens (including phenoxy) is 1. The summed E-state index contributed by atoms with van der Waals surface area (Å²) in [5, 5.41) is -0.227. The summed E-state index contributed by atoms with van der Waals surface area (Å²) in [5.74, 6) is -0.639. The van der Waals surface area contributed by atoms with Crippen molar-refractivity contribution in [3.8, 4) is 5.69 Å². The van der Waals surface area contributed by atoms with Gasteiger partial charge in [0.05, 0.1) is 17.6 Å². The molecule has 1 atom stereocenters. The first-order chi connectivity index (χ1) is 13.8. The molecule has 1 aliphatic rings. The Labute approximate surface area is 174 Å². The van der Waals surface area contributed by atoms with E-state index in [1.807, 2.05) is 44.4 Å². The summed E-state index contributed by atoms with van der Waals surface area (Å²) in [6, 6.07) is 9.03. The van der Waals surface area contributed by atoms with Gasteiger partial charge in [-0.3, -0.25) is 14.5 Å². The number of hydrogen-bond acceptors (Lipinski definition) is 5. The monoisotopic (exact) mass is 412 g/mol. The van der Waals surface area contributed by atoms with Crippen LogP contribution >= 0.6 is 11.8 Å². The normalized spacial score (nSPS) is 16.6. The molecule has 2 heterocycles. The summed E-state index contributed by atoms with van der Waals surface area (Å²) < 4.78 is 6.82. The van der Waals surface area contributed by atoms with E-state index in [1.54, 1.807) is 24.3 Å². The summed E-state index contributed by atoms with van der Waals surface area (Å²) in [6.07, 6.45) is 2.49. The minimum absolute atomic E-state index is 0.123. The Morgan fingerprint density at radius 3 is 2.62 bits per heavy atom. The molecule has 2 aromatic rings. The molecule has 1 aromatic carbocycles. The first kappa shape index (κ1) is 20.9. The number of rotatable bonds is 5. The molecule has 0 N–H and O–H groups in total. The van der Waals surface area contributed by atoms with Gasteiger partial charge in [-0.25, -0.2) is 4.79 Å². The standard InChI is InChI=1S/C22H24N2O4S/c1-6-13(2)24-20(25)19(29-22(24)27)12-17-10-14(3)23(15(17)4)18-9-7-8-16(11-18)21(26)28-5/h7-13H,6H2,1-5H3/b19-12+/t13-/m0/s1. The van der Waals surface area contributed by atoms with E-state index in [9.17, 15) is 14.4 Å². The summed E-state index contributed by atoms with van der Waals surface area (Å²) >= 11 is 0.977. The molecular formula is C22H24N2O4S. The Morgan fingerprint density at radius 1 is 1.24 bits per heavy atom. The van der Waals surface area contributed by atoms with E-state index in [2.05, 4.69) is 0 Å². The predicted octanol–water partition coefficient (Wildman–Crippen LogP) is 4.72. The third-order valence-corrected chi connectivity index (χ3v) is 6.02. The molecule has 2 amide bonds. The van der Waals surface area contributed by atoms with Crippen molar-refractivity contribution in [1.82, 2.24) is 9.47 Å². The molecule has 0 saturated carbocycles. The number of carbonyl (C=O) groups is 3. The lowest BCUT2D eigenvalue weighted by Crippen LogP contribution is -2.36. The highest BCUT2D eigenvalue weighted by molar-refractivity contribution is 8.18. The number of thioether (sulfide) groups is 1. The van der Waals surface area contributed by atoms with Crippen molar-refractivity contribution in [2.24, 2.45) is 0 Å². The second kappa shape index (κ2) is 8.29. The molecule has 7 heteroatoms. The Hall–Kier alpha value is -2.80. The van der Waals surface area contributed by atoms with Crippen molar-refractivity contribution in [3.05, 3.63) is 57.8 Å². The van der Waals surface area contributed by atoms with Gasteiger partial charge in [0.1, 0.15) is 0 Å². The average molecular weight is 413 g/mol. The van der Waals surface area contributed by atoms with Gasteiger partial charge in [-0.05, 0) is 74.9 Å². The van der Waals surface area contributed by atoms with Gasteiger partial charge >= 0.3 is 5.97 Å². The average Bonchev–Trinajstić information content (AvgIpc) is 3.15. The lowest BCUT2D eigenvalue weighted by Gasteiger charge is -2.19. The minimum atomic E-state index is -0.395. The van der Waals surface area contributed by atoms with Crippen LogP contribution in [0.25, 0.3) is 11.8 Å². The SMILES string of the molecule is CC[C@H](C)N1C(=O)S/C(=C/c2cc(C)n(-c3cccc(C(=O)OC)c3)c2C)C1=O. The highest BCUT2D eigenvalue weighted by Gasteiger charge is 2.37. The van der Waals surface area contributed by atoms with Crippen LogP contribution < -0.4 is 0 Å². The summed E-state index contributed by atoms with van der Waals surface area (Å²) in [7, 11) is 1.35. The number of carbonyl (C=O) groups excluding carboxylic acids is 3. The maximum atomic E-state index is 12.7. The predicted molar refractivity (Wildman–Crippen MR) is 114 cm³/mol. The topological polar surface area (TPSA) is 68.6 Å². The first-order valence-corrected chi connectivity index (χ1v) is 10.2. The largest absolute Gasteiger partial charge is 0.465 e. The van der Waals surface area contributed by atoms with Crippen molar-refractivity contribution in [2.75, 3.05) is 7.11 Å². The van der Waals surface area contributed by atoms with Gasteiger partial charge < -0.3 is 9.30 Å². The van der Waals surface area contributed by atoms with Crippen molar-refractivity contribution in [1.29, 1.82) is 0 Å². The maximum Gasteiger partial charge on any atom is 0.337 e. The minimum Gasteiger partial charge on any atom is -0.465 e. The third-order valence-electron chi connectivity index (χ3n) is 5.14. The van der Waals surface area contributed by atoms with E-state index in [0.29, 0.717) is 10.5 Å². The number of imide groups is 1. The van der Waals surface area contributed by atoms with Crippen LogP contribution in [0.15, 0.2) is 35.2 Å². The number of nitrogens with zero attached hydrogens (tertiary/aromatic N) is 2. The molecule has 1 fully saturated rings. The van der Waals surface area contributed by atoms with Gasteiger partial charge in [0.15, 0.2) is 0 Å². The molecule has 6 nitrogen and oxygen atoms in total. The smallest absolute Gasteiger partial charge is 0.337 e. The molecule has 1 aromatic heterocycles. The number of hydrogen-bond donors (Lipinski definition) is 0. The molecule has 0 aliphatic carbocycles. The Kier molecular flexibility index (Phi) is 5.98. The van der Waals surface area contributed by atoms with Crippen LogP contribution in [-0.4, -0.2) is 39.7 Å². The molecule has 1 saturated heterocycles. The molecule has 0 spiro atoms. The van der Waals surface area contributed by atoms with Crippen molar-refractivity contribution in [2.45, 2.75) is 40.2 Å². The first-order valence-electron chi connectivity index (χ1n) is 9.43. The summed E-state index contributed by atoms with van der Waals surface area (Å²) in [4.78, 5) is 38.6. The number of aryl methyl sites for hydroxylation is 1. The molecule has 1 aliphatic heterocycles. The van der Waals surface area contributed by atoms with Gasteiger partial charge in [0, 0.05) is 23.1 Å². The van der Waals surface area contributed by atoms with E-state index < -0.39 is 5.97 Å². The zero-order valence-electron chi connectivity index (χ0n) is 17.2. The maximum absolute atomic E-state index is 12.7. The van der Waals surface area contributed by atoms with Crippen molar-refractivity contribution >= 4 is 35.0 Å². The molecule has 0 radical (unpaired) electrons. The van der Waals surface area contributed by atoms with E-state index in [4.69, 9.17) is 4.74 Å². The number of esters is 1. The molecule has 0 bridgehead atoms. The number of benzene rings is 1. The van der Waals surface area contributed by atoms with Crippen molar-refractivity contribution < 1.29 is 19.1 Å². The highest BCUT2D eigenvalue weighted by atomic mass is 32.2. The van der Waals surface area contributed by atoms with Crippen LogP contribution in [0, 0.1) is 13.8 Å². The van der Waals surface area contributed by atoms with Gasteiger partial charge in [0.25, 0.3) is 11.1 Å². The fourth-order valence-corrected chi connectivity index (χ4v) is 4.33. The number of methoxy groups -OCH3 is 1. The van der Waals surface area contributed by atoms with E-state index in [0.717, 1.165) is 40.8 Å². The van der Waals surface area contributed by atoms with Gasteiger partial charge in [-0.15, -0.1) is 0 Å². The molecule has 152 valence electrons. The molecule has 29 heavy (non-hydrogen) atoms. The quantitative estimate of drug-likeness (QED) is 0.525. The highest BCUT2D eigenvalue weighted by Crippen LogP contribution is 2.35. The zero-order chi connectivity index (χ0) is 21.3. The summed E-state index contributed by atoms with van der Waals surface area (Å²) in [6.45, 7) is 7.73. The lowest BCUT2D eigenvalue weighted by atomic mass is 10.2. The van der Waals surface area contributed by atoms with Crippen LogP contribution in [0.4, 0.5) is 4.79 Å². The lowest BCUT2D eigenvalue weighted by molar-refractivity contribution is -0.124. The summed E-state index contributed by atoms with van der Waals surface area (Å²) in [5.41, 5.74) is 4.03. The third kappa shape index (κ3) is 3.87. The second-order valence-electron chi connectivity index (χ2n) is 7.01. The van der Waals surface area contributed by atoms with E-state index in [-0.39, 0.29) is 17.2 Å². The number of aromatic nitrogens is 1. The number of amides is 2. The van der Waals surface area contributed by atoms with Gasteiger partial charge in [-0.2, -0.15) is 0 Å². The van der Waals surface area contributed by atoms with Gasteiger partial charge in [0.2, 0.25) is 0 Å². The molecule has 0 unspecified atom stereocenters. The van der Waals surface area contributed by atoms with Crippen LogP contribution in [0.1, 0.15) is 47.6 Å². The van der Waals surface area contributed by atoms with Crippen LogP contribution in [0.2, 0.25) is 0 Å². The molecule has 3 rings (SSSR count). The second-order valence-corrected chi connectivity index (χ2v) is 8.01. The van der Waals surface area contributed by atoms with E-state index in [1.165, 1.54) is 12.0 Å². The Morgan fingerprint density at radius 2 is 1.97 bits per heavy atom. The Bertz CT molecular complexity index is 1020.